The molecule has 13 nitrogen and oxygen atoms in total. The molecule has 0 bridgehead atoms. The third-order valence-corrected chi connectivity index (χ3v) is 10.6. The Morgan fingerprint density at radius 3 is 2.02 bits per heavy atom. The lowest BCUT2D eigenvalue weighted by molar-refractivity contribution is -0.144. The molecule has 0 radical (unpaired) electrons. The van der Waals surface area contributed by atoms with Crippen molar-refractivity contribution in [2.24, 2.45) is 17.6 Å². The monoisotopic (exact) mass is 677 g/mol. The van der Waals surface area contributed by atoms with Crippen LogP contribution in [0.2, 0.25) is 0 Å². The maximum Gasteiger partial charge on any atom is 0.245 e. The number of nitrogens with two attached hydrogens (primary N) is 1. The number of hydrogen-bond donors (Lipinski definition) is 6. The first-order valence-corrected chi connectivity index (χ1v) is 18.5. The highest BCUT2D eigenvalue weighted by Crippen LogP contribution is 2.28. The van der Waals surface area contributed by atoms with Crippen LogP contribution in [0.5, 0.6) is 0 Å². The summed E-state index contributed by atoms with van der Waals surface area (Å²) in [6.07, 6.45) is 10.0. The molecule has 1 saturated heterocycles. The van der Waals surface area contributed by atoms with Crippen molar-refractivity contribution in [1.29, 1.82) is 0 Å². The molecule has 0 aromatic heterocycles. The molecule has 3 aliphatic rings. The molecule has 7 N–H and O–H groups in total. The first kappa shape index (κ1) is 39.7. The zero-order valence-electron chi connectivity index (χ0n) is 30.0. The topological polar surface area (TPSA) is 186 Å². The van der Waals surface area contributed by atoms with E-state index in [1.54, 1.807) is 7.05 Å². The molecule has 7 atom stereocenters. The third-order valence-electron chi connectivity index (χ3n) is 10.6. The Kier molecular flexibility index (Phi) is 16.1. The molecule has 3 rings (SSSR count). The van der Waals surface area contributed by atoms with E-state index in [9.17, 15) is 29.1 Å². The number of hydrogen-bond acceptors (Lipinski definition) is 8. The molecule has 274 valence electrons. The van der Waals surface area contributed by atoms with Gasteiger partial charge in [0.25, 0.3) is 0 Å². The van der Waals surface area contributed by atoms with Gasteiger partial charge in [-0.1, -0.05) is 58.8 Å². The summed E-state index contributed by atoms with van der Waals surface area (Å²) in [5.41, 5.74) is 5.96. The number of nitrogens with one attached hydrogen (secondary N) is 4. The van der Waals surface area contributed by atoms with E-state index in [-0.39, 0.29) is 24.4 Å². The molecular formula is C35H63N7O6. The summed E-state index contributed by atoms with van der Waals surface area (Å²) >= 11 is 0. The maximum atomic E-state index is 14.2. The average Bonchev–Trinajstić information content (AvgIpc) is 3.58. The lowest BCUT2D eigenvalue weighted by Gasteiger charge is -2.38. The van der Waals surface area contributed by atoms with Gasteiger partial charge in [0.1, 0.15) is 24.2 Å². The minimum atomic E-state index is -1.29. The number of amides is 5. The molecule has 0 spiro atoms. The van der Waals surface area contributed by atoms with Gasteiger partial charge in [0.05, 0.1) is 12.1 Å². The largest absolute Gasteiger partial charge is 0.391 e. The Morgan fingerprint density at radius 2 is 1.44 bits per heavy atom. The molecule has 0 unspecified atom stereocenters. The molecule has 13 heteroatoms. The summed E-state index contributed by atoms with van der Waals surface area (Å²) in [5.74, 6) is -2.10. The first-order chi connectivity index (χ1) is 22.9. The highest BCUT2D eigenvalue weighted by Gasteiger charge is 2.39. The molecule has 2 aliphatic carbocycles. The van der Waals surface area contributed by atoms with E-state index in [0.29, 0.717) is 38.3 Å². The van der Waals surface area contributed by atoms with Gasteiger partial charge >= 0.3 is 0 Å². The number of rotatable bonds is 9. The fourth-order valence-corrected chi connectivity index (χ4v) is 7.69. The fraction of sp³-hybridized carbons (Fsp3) is 0.857. The second kappa shape index (κ2) is 19.4. The summed E-state index contributed by atoms with van der Waals surface area (Å²) in [7, 11) is 1.66. The van der Waals surface area contributed by atoms with Crippen molar-refractivity contribution >= 4 is 29.5 Å². The van der Waals surface area contributed by atoms with Crippen LogP contribution in [0.3, 0.4) is 0 Å². The lowest BCUT2D eigenvalue weighted by atomic mass is 9.83. The van der Waals surface area contributed by atoms with E-state index in [1.807, 2.05) is 20.8 Å². The predicted molar refractivity (Wildman–Crippen MR) is 184 cm³/mol. The van der Waals surface area contributed by atoms with E-state index < -0.39 is 59.9 Å². The maximum absolute atomic E-state index is 14.2. The quantitative estimate of drug-likeness (QED) is 0.210. The second-order valence-electron chi connectivity index (χ2n) is 14.4. The van der Waals surface area contributed by atoms with Crippen LogP contribution in [0.4, 0.5) is 0 Å². The van der Waals surface area contributed by atoms with Gasteiger partial charge in [0, 0.05) is 32.7 Å². The van der Waals surface area contributed by atoms with Crippen LogP contribution in [0.15, 0.2) is 0 Å². The van der Waals surface area contributed by atoms with Crippen LogP contribution >= 0.6 is 0 Å². The van der Waals surface area contributed by atoms with Crippen LogP contribution in [0.25, 0.3) is 0 Å². The molecule has 1 aliphatic heterocycles. The van der Waals surface area contributed by atoms with E-state index in [1.165, 1.54) is 11.8 Å². The van der Waals surface area contributed by atoms with Crippen LogP contribution < -0.4 is 27.0 Å². The van der Waals surface area contributed by atoms with E-state index >= 15 is 0 Å². The van der Waals surface area contributed by atoms with Gasteiger partial charge in [-0.2, -0.15) is 0 Å². The first-order valence-electron chi connectivity index (χ1n) is 18.5. The molecule has 1 heterocycles. The summed E-state index contributed by atoms with van der Waals surface area (Å²) in [4.78, 5) is 72.9. The van der Waals surface area contributed by atoms with Crippen LogP contribution in [0.1, 0.15) is 111 Å². The predicted octanol–water partition coefficient (Wildman–Crippen LogP) is 1.17. The normalized spacial score (nSPS) is 31.0. The summed E-state index contributed by atoms with van der Waals surface area (Å²) in [6.45, 7) is 8.08. The lowest BCUT2D eigenvalue weighted by Crippen LogP contribution is -2.64. The van der Waals surface area contributed by atoms with Crippen molar-refractivity contribution in [2.45, 2.75) is 154 Å². The number of nitrogens with zero attached hydrogens (tertiary/aromatic N) is 2. The SMILES string of the molecule is CCC[C@@H]1CN(CC2CCCC2)[C@@H](C)C(=O)N(C)[C@@H](CCC)C(=O)N[C@@H](C2CCCCC2)C(=O)N[C@@H](CN)C(=O)N[C@@H]([C@H](C)O)C(=O)N1. The Labute approximate surface area is 287 Å². The molecule has 2 saturated carbocycles. The zero-order chi connectivity index (χ0) is 35.4. The minimum Gasteiger partial charge on any atom is -0.391 e. The summed E-state index contributed by atoms with van der Waals surface area (Å²) < 4.78 is 0. The van der Waals surface area contributed by atoms with Gasteiger partial charge in [0.2, 0.25) is 29.5 Å². The smallest absolute Gasteiger partial charge is 0.245 e. The van der Waals surface area contributed by atoms with Gasteiger partial charge in [-0.3, -0.25) is 28.9 Å². The molecule has 0 aromatic carbocycles. The van der Waals surface area contributed by atoms with Gasteiger partial charge in [-0.05, 0) is 64.2 Å². The Bertz CT molecular complexity index is 1080. The Morgan fingerprint density at radius 1 is 0.812 bits per heavy atom. The van der Waals surface area contributed by atoms with E-state index in [4.69, 9.17) is 5.73 Å². The highest BCUT2D eigenvalue weighted by atomic mass is 16.3. The zero-order valence-corrected chi connectivity index (χ0v) is 30.0. The number of aliphatic hydroxyl groups excluding tert-OH is 1. The van der Waals surface area contributed by atoms with E-state index in [0.717, 1.165) is 64.2 Å². The molecule has 0 aromatic rings. The summed E-state index contributed by atoms with van der Waals surface area (Å²) in [6, 6.07) is -5.14. The van der Waals surface area contributed by atoms with Crippen LogP contribution in [0, 0.1) is 11.8 Å². The highest BCUT2D eigenvalue weighted by molar-refractivity contribution is 5.96. The standard InChI is InChI=1S/C35H63N7O6/c1-6-13-26-21-42(20-24-15-11-12-16-24)22(3)35(48)41(5)28(14-7-2)32(45)40-30(25-17-9-8-10-18-25)34(47)38-27(19-36)31(44)39-29(23(4)43)33(46)37-26/h22-30,43H,6-21,36H2,1-5H3,(H,37,46)(H,38,47)(H,39,44)(H,40,45)/t22-,23-,26+,27-,28-,29-,30-/m0/s1. The second-order valence-corrected chi connectivity index (χ2v) is 14.4. The van der Waals surface area contributed by atoms with E-state index in [2.05, 4.69) is 26.2 Å². The van der Waals surface area contributed by atoms with Crippen molar-refractivity contribution in [2.75, 3.05) is 26.7 Å². The number of carbonyl (C=O) groups is 5. The molecule has 48 heavy (non-hydrogen) atoms. The number of aliphatic hydroxyl groups is 1. The van der Waals surface area contributed by atoms with Crippen molar-refractivity contribution in [3.63, 3.8) is 0 Å². The number of likely N-dealkylation sites (N-methyl/N-ethyl adjacent to an activating group) is 1. The van der Waals surface area contributed by atoms with Crippen LogP contribution in [-0.2, 0) is 24.0 Å². The van der Waals surface area contributed by atoms with Crippen molar-refractivity contribution in [3.05, 3.63) is 0 Å². The van der Waals surface area contributed by atoms with Gasteiger partial charge in [0.15, 0.2) is 0 Å². The minimum absolute atomic E-state index is 0.148. The van der Waals surface area contributed by atoms with Crippen molar-refractivity contribution in [1.82, 2.24) is 31.1 Å². The van der Waals surface area contributed by atoms with Crippen molar-refractivity contribution < 1.29 is 29.1 Å². The Hall–Kier alpha value is -2.77. The third kappa shape index (κ3) is 10.9. The number of carbonyl (C=O) groups excluding carboxylic acids is 5. The van der Waals surface area contributed by atoms with Gasteiger partial charge < -0.3 is 37.0 Å². The van der Waals surface area contributed by atoms with Crippen molar-refractivity contribution in [3.8, 4) is 0 Å². The Balaban J connectivity index is 2.05. The molecule has 5 amide bonds. The van der Waals surface area contributed by atoms with Gasteiger partial charge in [-0.25, -0.2) is 0 Å². The van der Waals surface area contributed by atoms with Gasteiger partial charge in [-0.15, -0.1) is 0 Å². The molecular weight excluding hydrogens is 614 g/mol. The fourth-order valence-electron chi connectivity index (χ4n) is 7.69. The average molecular weight is 678 g/mol. The molecule has 3 fully saturated rings. The summed E-state index contributed by atoms with van der Waals surface area (Å²) in [5, 5.41) is 22.0. The van der Waals surface area contributed by atoms with Crippen LogP contribution in [-0.4, -0.2) is 113 Å².